The highest BCUT2D eigenvalue weighted by molar-refractivity contribution is 7.89. The van der Waals surface area contributed by atoms with Crippen LogP contribution in [0.25, 0.3) is 0 Å². The van der Waals surface area contributed by atoms with Gasteiger partial charge in [-0.3, -0.25) is 9.63 Å². The first-order chi connectivity index (χ1) is 13.2. The number of carbonyl (C=O) groups is 1. The molecule has 7 nitrogen and oxygen atoms in total. The first-order valence-corrected chi connectivity index (χ1v) is 10.3. The normalized spacial score (nSPS) is 11.5. The van der Waals surface area contributed by atoms with Crippen molar-refractivity contribution in [2.24, 2.45) is 0 Å². The maximum Gasteiger partial charge on any atom is 0.264 e. The van der Waals surface area contributed by atoms with Crippen molar-refractivity contribution in [1.29, 1.82) is 0 Å². The topological polar surface area (TPSA) is 70.2 Å². The maximum absolute atomic E-state index is 13.0. The van der Waals surface area contributed by atoms with Crippen molar-refractivity contribution in [3.05, 3.63) is 59.7 Å². The third kappa shape index (κ3) is 4.89. The molecule has 0 aliphatic rings. The second-order valence-corrected chi connectivity index (χ2v) is 8.44. The fourth-order valence-electron chi connectivity index (χ4n) is 2.67. The van der Waals surface area contributed by atoms with Crippen LogP contribution in [0.4, 0.5) is 5.69 Å². The van der Waals surface area contributed by atoms with Gasteiger partial charge in [0.1, 0.15) is 0 Å². The van der Waals surface area contributed by atoms with Crippen LogP contribution < -0.4 is 4.90 Å². The predicted octanol–water partition coefficient (Wildman–Crippen LogP) is 2.60. The van der Waals surface area contributed by atoms with Gasteiger partial charge in [0.2, 0.25) is 0 Å². The lowest BCUT2D eigenvalue weighted by molar-refractivity contribution is -0.0258. The fraction of sp³-hybridized carbons (Fsp3) is 0.350. The molecule has 0 N–H and O–H groups in total. The first-order valence-electron chi connectivity index (χ1n) is 8.89. The number of anilines is 1. The number of carbonyl (C=O) groups excluding carboxylic acids is 1. The standard InChI is InChI=1S/C20H27N3O4S/c1-6-23(15-16-10-12-18(13-11-16)21(2)3)20(24)17-8-7-9-19(14-17)28(25,26)22(4)27-5/h7-14H,6,15H2,1-5H3. The zero-order valence-electron chi connectivity index (χ0n) is 16.9. The van der Waals surface area contributed by atoms with Gasteiger partial charge in [-0.25, -0.2) is 8.42 Å². The fourth-order valence-corrected chi connectivity index (χ4v) is 3.69. The minimum Gasteiger partial charge on any atom is -0.378 e. The number of sulfonamides is 1. The van der Waals surface area contributed by atoms with Crippen LogP contribution >= 0.6 is 0 Å². The van der Waals surface area contributed by atoms with Gasteiger partial charge in [-0.2, -0.15) is 0 Å². The van der Waals surface area contributed by atoms with Crippen LogP contribution in [-0.2, 0) is 21.4 Å². The van der Waals surface area contributed by atoms with Crippen molar-refractivity contribution in [3.8, 4) is 0 Å². The van der Waals surface area contributed by atoms with Crippen molar-refractivity contribution in [2.75, 3.05) is 39.7 Å². The summed E-state index contributed by atoms with van der Waals surface area (Å²) < 4.78 is 25.6. The molecule has 0 radical (unpaired) electrons. The third-order valence-electron chi connectivity index (χ3n) is 4.47. The van der Waals surface area contributed by atoms with Gasteiger partial charge < -0.3 is 9.80 Å². The number of nitrogens with zero attached hydrogens (tertiary/aromatic N) is 3. The van der Waals surface area contributed by atoms with Crippen LogP contribution in [0.1, 0.15) is 22.8 Å². The molecule has 2 aromatic carbocycles. The Morgan fingerprint density at radius 1 is 1.04 bits per heavy atom. The molecular formula is C20H27N3O4S. The van der Waals surface area contributed by atoms with Crippen LogP contribution in [0.15, 0.2) is 53.4 Å². The van der Waals surface area contributed by atoms with E-state index in [2.05, 4.69) is 0 Å². The monoisotopic (exact) mass is 405 g/mol. The van der Waals surface area contributed by atoms with Crippen molar-refractivity contribution in [1.82, 2.24) is 9.37 Å². The van der Waals surface area contributed by atoms with E-state index in [0.29, 0.717) is 18.7 Å². The van der Waals surface area contributed by atoms with E-state index in [4.69, 9.17) is 4.84 Å². The summed E-state index contributed by atoms with van der Waals surface area (Å²) in [4.78, 5) is 21.4. The Hall–Kier alpha value is -2.42. The number of rotatable bonds is 8. The molecule has 8 heteroatoms. The van der Waals surface area contributed by atoms with E-state index in [1.165, 1.54) is 26.3 Å². The average molecular weight is 406 g/mol. The SMILES string of the molecule is CCN(Cc1ccc(N(C)C)cc1)C(=O)c1cccc(S(=O)(=O)N(C)OC)c1. The summed E-state index contributed by atoms with van der Waals surface area (Å²) in [5.41, 5.74) is 2.40. The Labute approximate surface area is 167 Å². The summed E-state index contributed by atoms with van der Waals surface area (Å²) in [7, 11) is 2.70. The summed E-state index contributed by atoms with van der Waals surface area (Å²) >= 11 is 0. The number of hydrogen-bond acceptors (Lipinski definition) is 5. The van der Waals surface area contributed by atoms with Crippen molar-refractivity contribution >= 4 is 21.6 Å². The second-order valence-electron chi connectivity index (χ2n) is 6.51. The van der Waals surface area contributed by atoms with E-state index in [1.807, 2.05) is 50.2 Å². The molecule has 0 atom stereocenters. The highest BCUT2D eigenvalue weighted by Gasteiger charge is 2.23. The minimum atomic E-state index is -3.81. The van der Waals surface area contributed by atoms with Gasteiger partial charge in [0.25, 0.3) is 15.9 Å². The third-order valence-corrected chi connectivity index (χ3v) is 6.15. The minimum absolute atomic E-state index is 0.00842. The average Bonchev–Trinajstić information content (AvgIpc) is 2.71. The van der Waals surface area contributed by atoms with Crippen molar-refractivity contribution in [3.63, 3.8) is 0 Å². The quantitative estimate of drug-likeness (QED) is 0.632. The van der Waals surface area contributed by atoms with E-state index >= 15 is 0 Å². The highest BCUT2D eigenvalue weighted by atomic mass is 32.2. The lowest BCUT2D eigenvalue weighted by atomic mass is 10.1. The smallest absolute Gasteiger partial charge is 0.264 e. The lowest BCUT2D eigenvalue weighted by Gasteiger charge is -2.22. The second kappa shape index (κ2) is 9.18. The number of benzene rings is 2. The van der Waals surface area contributed by atoms with Crippen LogP contribution in [0.5, 0.6) is 0 Å². The summed E-state index contributed by atoms with van der Waals surface area (Å²) in [6.07, 6.45) is 0. The predicted molar refractivity (Wildman–Crippen MR) is 110 cm³/mol. The molecule has 0 saturated heterocycles. The summed E-state index contributed by atoms with van der Waals surface area (Å²) in [5, 5.41) is 0. The van der Waals surface area contributed by atoms with Gasteiger partial charge in [-0.05, 0) is 42.8 Å². The summed E-state index contributed by atoms with van der Waals surface area (Å²) in [6.45, 7) is 2.84. The molecule has 0 fully saturated rings. The van der Waals surface area contributed by atoms with Gasteiger partial charge in [0, 0.05) is 45.5 Å². The number of hydroxylamine groups is 1. The maximum atomic E-state index is 13.0. The Bertz CT molecular complexity index is 911. The van der Waals surface area contributed by atoms with Crippen LogP contribution in [-0.4, -0.2) is 58.5 Å². The van der Waals surface area contributed by atoms with Gasteiger partial charge in [-0.1, -0.05) is 22.7 Å². The van der Waals surface area contributed by atoms with Crippen molar-refractivity contribution < 1.29 is 18.0 Å². The highest BCUT2D eigenvalue weighted by Crippen LogP contribution is 2.19. The molecule has 1 amide bonds. The Kier molecular flexibility index (Phi) is 7.17. The number of amides is 1. The molecule has 2 rings (SSSR count). The Balaban J connectivity index is 2.24. The molecule has 0 heterocycles. The molecule has 0 unspecified atom stereocenters. The van der Waals surface area contributed by atoms with E-state index in [-0.39, 0.29) is 10.8 Å². The summed E-state index contributed by atoms with van der Waals surface area (Å²) in [6, 6.07) is 14.0. The lowest BCUT2D eigenvalue weighted by Crippen LogP contribution is -2.31. The van der Waals surface area contributed by atoms with Crippen LogP contribution in [0, 0.1) is 0 Å². The molecule has 0 spiro atoms. The van der Waals surface area contributed by atoms with Crippen LogP contribution in [0.3, 0.4) is 0 Å². The largest absolute Gasteiger partial charge is 0.378 e. The molecule has 0 aromatic heterocycles. The van der Waals surface area contributed by atoms with E-state index < -0.39 is 10.0 Å². The van der Waals surface area contributed by atoms with E-state index in [9.17, 15) is 13.2 Å². The first kappa shape index (κ1) is 21.9. The van der Waals surface area contributed by atoms with Crippen LogP contribution in [0.2, 0.25) is 0 Å². The number of hydrogen-bond donors (Lipinski definition) is 0. The Morgan fingerprint density at radius 3 is 2.21 bits per heavy atom. The zero-order chi connectivity index (χ0) is 20.9. The molecule has 0 saturated carbocycles. The molecule has 2 aromatic rings. The summed E-state index contributed by atoms with van der Waals surface area (Å²) in [5.74, 6) is -0.226. The Morgan fingerprint density at radius 2 is 1.68 bits per heavy atom. The zero-order valence-corrected chi connectivity index (χ0v) is 17.7. The molecule has 0 bridgehead atoms. The van der Waals surface area contributed by atoms with E-state index in [1.54, 1.807) is 17.0 Å². The van der Waals surface area contributed by atoms with Gasteiger partial charge in [-0.15, -0.1) is 0 Å². The van der Waals surface area contributed by atoms with Gasteiger partial charge in [0.15, 0.2) is 0 Å². The van der Waals surface area contributed by atoms with Gasteiger partial charge >= 0.3 is 0 Å². The van der Waals surface area contributed by atoms with Crippen molar-refractivity contribution in [2.45, 2.75) is 18.4 Å². The molecule has 0 aliphatic heterocycles. The molecule has 0 aliphatic carbocycles. The molecule has 152 valence electrons. The molecule has 28 heavy (non-hydrogen) atoms. The molecular weight excluding hydrogens is 378 g/mol. The van der Waals surface area contributed by atoms with E-state index in [0.717, 1.165) is 15.7 Å². The van der Waals surface area contributed by atoms with Gasteiger partial charge in [0.05, 0.1) is 12.0 Å².